The Balaban J connectivity index is 2.10. The maximum absolute atomic E-state index is 12.8. The first-order chi connectivity index (χ1) is 9.31. The van der Waals surface area contributed by atoms with Gasteiger partial charge in [0.15, 0.2) is 0 Å². The van der Waals surface area contributed by atoms with Gasteiger partial charge in [-0.05, 0) is 58.3 Å². The van der Waals surface area contributed by atoms with Crippen LogP contribution in [-0.2, 0) is 4.79 Å². The molecular formula is C17H21NO. The third kappa shape index (κ3) is 2.23. The van der Waals surface area contributed by atoms with Gasteiger partial charge in [0.1, 0.15) is 0 Å². The topological polar surface area (TPSA) is 20.3 Å². The van der Waals surface area contributed by atoms with Crippen molar-refractivity contribution in [3.05, 3.63) is 22.4 Å². The molecule has 0 fully saturated rings. The fourth-order valence-corrected chi connectivity index (χ4v) is 3.37. The minimum absolute atomic E-state index is 0.237. The van der Waals surface area contributed by atoms with Crippen LogP contribution >= 0.6 is 0 Å². The SMILES string of the molecule is CCN1C(=O)C2=C(C#CC3=C1CCCC3)CCCC2. The van der Waals surface area contributed by atoms with E-state index in [1.807, 2.05) is 4.90 Å². The van der Waals surface area contributed by atoms with E-state index in [4.69, 9.17) is 0 Å². The molecule has 100 valence electrons. The first-order valence-electron chi connectivity index (χ1n) is 7.59. The highest BCUT2D eigenvalue weighted by atomic mass is 16.2. The van der Waals surface area contributed by atoms with Crippen molar-refractivity contribution in [2.45, 2.75) is 58.3 Å². The van der Waals surface area contributed by atoms with Crippen LogP contribution in [0.2, 0.25) is 0 Å². The number of allylic oxidation sites excluding steroid dienone is 3. The normalized spacial score (nSPS) is 23.2. The Morgan fingerprint density at radius 1 is 0.947 bits per heavy atom. The largest absolute Gasteiger partial charge is 0.312 e. The number of likely N-dealkylation sites (N-methyl/N-ethyl adjacent to an activating group) is 1. The summed E-state index contributed by atoms with van der Waals surface area (Å²) in [5, 5.41) is 0. The Bertz CT molecular complexity index is 527. The lowest BCUT2D eigenvalue weighted by Gasteiger charge is -2.31. The van der Waals surface area contributed by atoms with E-state index in [0.717, 1.165) is 49.8 Å². The zero-order valence-corrected chi connectivity index (χ0v) is 11.7. The van der Waals surface area contributed by atoms with Gasteiger partial charge in [0.2, 0.25) is 0 Å². The van der Waals surface area contributed by atoms with Crippen LogP contribution in [0.4, 0.5) is 0 Å². The molecule has 2 heteroatoms. The van der Waals surface area contributed by atoms with E-state index < -0.39 is 0 Å². The summed E-state index contributed by atoms with van der Waals surface area (Å²) in [5.41, 5.74) is 4.55. The van der Waals surface area contributed by atoms with E-state index >= 15 is 0 Å². The average Bonchev–Trinajstić information content (AvgIpc) is 2.46. The van der Waals surface area contributed by atoms with Crippen LogP contribution in [0.15, 0.2) is 22.4 Å². The van der Waals surface area contributed by atoms with Crippen molar-refractivity contribution in [2.24, 2.45) is 0 Å². The van der Waals surface area contributed by atoms with Gasteiger partial charge in [-0.15, -0.1) is 0 Å². The van der Waals surface area contributed by atoms with E-state index in [2.05, 4.69) is 18.8 Å². The van der Waals surface area contributed by atoms with Crippen LogP contribution in [0, 0.1) is 11.8 Å². The van der Waals surface area contributed by atoms with Crippen LogP contribution in [0.3, 0.4) is 0 Å². The first-order valence-corrected chi connectivity index (χ1v) is 7.59. The smallest absolute Gasteiger partial charge is 0.254 e. The summed E-state index contributed by atoms with van der Waals surface area (Å²) in [4.78, 5) is 14.8. The van der Waals surface area contributed by atoms with Gasteiger partial charge in [0.05, 0.1) is 0 Å². The standard InChI is InChI=1S/C17H21NO/c1-2-18-16-10-6-4-8-14(16)12-11-13-7-3-5-9-15(13)17(18)19/h2-10H2,1H3. The number of carbonyl (C=O) groups is 1. The number of rotatable bonds is 1. The van der Waals surface area contributed by atoms with Crippen molar-refractivity contribution < 1.29 is 4.79 Å². The van der Waals surface area contributed by atoms with Crippen molar-refractivity contribution in [1.29, 1.82) is 0 Å². The number of carbonyl (C=O) groups excluding carboxylic acids is 1. The molecule has 0 radical (unpaired) electrons. The highest BCUT2D eigenvalue weighted by Crippen LogP contribution is 2.33. The van der Waals surface area contributed by atoms with E-state index in [1.54, 1.807) is 0 Å². The van der Waals surface area contributed by atoms with Gasteiger partial charge in [-0.2, -0.15) is 0 Å². The number of hydrogen-bond acceptors (Lipinski definition) is 1. The maximum atomic E-state index is 12.8. The summed E-state index contributed by atoms with van der Waals surface area (Å²) >= 11 is 0. The summed E-state index contributed by atoms with van der Waals surface area (Å²) in [7, 11) is 0. The number of nitrogens with zero attached hydrogens (tertiary/aromatic N) is 1. The second kappa shape index (κ2) is 5.25. The third-order valence-electron chi connectivity index (χ3n) is 4.42. The number of hydrogen-bond donors (Lipinski definition) is 0. The van der Waals surface area contributed by atoms with Crippen LogP contribution in [-0.4, -0.2) is 17.4 Å². The van der Waals surface area contributed by atoms with E-state index in [9.17, 15) is 4.79 Å². The molecule has 0 unspecified atom stereocenters. The lowest BCUT2D eigenvalue weighted by atomic mass is 9.87. The van der Waals surface area contributed by atoms with Gasteiger partial charge in [-0.1, -0.05) is 11.8 Å². The van der Waals surface area contributed by atoms with Crippen molar-refractivity contribution in [3.63, 3.8) is 0 Å². The molecule has 2 nitrogen and oxygen atoms in total. The Kier molecular flexibility index (Phi) is 3.46. The van der Waals surface area contributed by atoms with Crippen molar-refractivity contribution >= 4 is 5.91 Å². The van der Waals surface area contributed by atoms with E-state index in [-0.39, 0.29) is 5.91 Å². The second-order valence-corrected chi connectivity index (χ2v) is 5.60. The summed E-state index contributed by atoms with van der Waals surface area (Å²) in [6, 6.07) is 0. The Morgan fingerprint density at radius 2 is 1.58 bits per heavy atom. The molecule has 0 saturated carbocycles. The molecule has 0 atom stereocenters. The third-order valence-corrected chi connectivity index (χ3v) is 4.42. The Morgan fingerprint density at radius 3 is 2.37 bits per heavy atom. The molecule has 0 aromatic rings. The highest BCUT2D eigenvalue weighted by Gasteiger charge is 2.28. The zero-order valence-electron chi connectivity index (χ0n) is 11.7. The molecule has 0 aromatic heterocycles. The predicted octanol–water partition coefficient (Wildman–Crippen LogP) is 3.55. The van der Waals surface area contributed by atoms with Gasteiger partial charge >= 0.3 is 0 Å². The van der Waals surface area contributed by atoms with Crippen LogP contribution < -0.4 is 0 Å². The summed E-state index contributed by atoms with van der Waals surface area (Å²) in [5.74, 6) is 6.94. The lowest BCUT2D eigenvalue weighted by Crippen LogP contribution is -2.34. The monoisotopic (exact) mass is 255 g/mol. The van der Waals surface area contributed by atoms with E-state index in [0.29, 0.717) is 0 Å². The molecule has 0 aromatic carbocycles. The van der Waals surface area contributed by atoms with Gasteiger partial charge in [0.25, 0.3) is 5.91 Å². The van der Waals surface area contributed by atoms with Crippen molar-refractivity contribution in [1.82, 2.24) is 4.90 Å². The fraction of sp³-hybridized carbons (Fsp3) is 0.588. The minimum Gasteiger partial charge on any atom is -0.312 e. The molecule has 0 bridgehead atoms. The maximum Gasteiger partial charge on any atom is 0.254 e. The fourth-order valence-electron chi connectivity index (χ4n) is 3.37. The summed E-state index contributed by atoms with van der Waals surface area (Å²) in [6.07, 6.45) is 8.70. The quantitative estimate of drug-likeness (QED) is 0.656. The van der Waals surface area contributed by atoms with Gasteiger partial charge in [-0.3, -0.25) is 4.79 Å². The van der Waals surface area contributed by atoms with Crippen molar-refractivity contribution in [2.75, 3.05) is 6.54 Å². The summed E-state index contributed by atoms with van der Waals surface area (Å²) in [6.45, 7) is 2.85. The molecule has 1 aliphatic heterocycles. The van der Waals surface area contributed by atoms with Crippen LogP contribution in [0.25, 0.3) is 0 Å². The Hall–Kier alpha value is -1.49. The zero-order chi connectivity index (χ0) is 13.2. The average molecular weight is 255 g/mol. The molecule has 2 aliphatic carbocycles. The predicted molar refractivity (Wildman–Crippen MR) is 76.2 cm³/mol. The highest BCUT2D eigenvalue weighted by molar-refractivity contribution is 5.96. The van der Waals surface area contributed by atoms with Crippen LogP contribution in [0.5, 0.6) is 0 Å². The molecule has 3 aliphatic rings. The molecule has 0 saturated heterocycles. The molecule has 0 spiro atoms. The molecule has 3 rings (SSSR count). The molecular weight excluding hydrogens is 234 g/mol. The number of amides is 1. The van der Waals surface area contributed by atoms with E-state index in [1.165, 1.54) is 30.5 Å². The van der Waals surface area contributed by atoms with Crippen LogP contribution in [0.1, 0.15) is 58.3 Å². The summed E-state index contributed by atoms with van der Waals surface area (Å²) < 4.78 is 0. The second-order valence-electron chi connectivity index (χ2n) is 5.60. The van der Waals surface area contributed by atoms with Gasteiger partial charge in [-0.25, -0.2) is 0 Å². The Labute approximate surface area is 115 Å². The molecule has 19 heavy (non-hydrogen) atoms. The molecule has 0 N–H and O–H groups in total. The van der Waals surface area contributed by atoms with Gasteiger partial charge in [0, 0.05) is 29.0 Å². The lowest BCUT2D eigenvalue weighted by molar-refractivity contribution is -0.125. The minimum atomic E-state index is 0.237. The van der Waals surface area contributed by atoms with Gasteiger partial charge < -0.3 is 4.90 Å². The molecule has 1 amide bonds. The van der Waals surface area contributed by atoms with Crippen molar-refractivity contribution in [3.8, 4) is 11.8 Å². The first kappa shape index (κ1) is 12.5. The molecule has 1 heterocycles.